The van der Waals surface area contributed by atoms with Gasteiger partial charge in [0.25, 0.3) is 0 Å². The summed E-state index contributed by atoms with van der Waals surface area (Å²) in [6, 6.07) is 1.34. The van der Waals surface area contributed by atoms with E-state index in [-0.39, 0.29) is 12.4 Å². The number of aromatic hydroxyl groups is 1. The maximum absolute atomic E-state index is 11.9. The Morgan fingerprint density at radius 1 is 1.36 bits per heavy atom. The van der Waals surface area contributed by atoms with Crippen LogP contribution in [0.4, 0.5) is 0 Å². The molecule has 0 aromatic carbocycles. The third kappa shape index (κ3) is 5.14. The van der Waals surface area contributed by atoms with E-state index < -0.39 is 5.43 Å². The van der Waals surface area contributed by atoms with Gasteiger partial charge in [0.15, 0.2) is 5.75 Å². The summed E-state index contributed by atoms with van der Waals surface area (Å²) >= 11 is 0. The Balaban J connectivity index is 3.14. The van der Waals surface area contributed by atoms with E-state index in [1.54, 1.807) is 0 Å². The molecule has 2 N–H and O–H groups in total. The lowest BCUT2D eigenvalue weighted by Crippen LogP contribution is -2.26. The van der Waals surface area contributed by atoms with Crippen molar-refractivity contribution < 1.29 is 10.2 Å². The molecule has 0 aliphatic carbocycles. The van der Waals surface area contributed by atoms with Crippen molar-refractivity contribution in [2.24, 2.45) is 5.92 Å². The van der Waals surface area contributed by atoms with Crippen molar-refractivity contribution in [3.8, 4) is 5.75 Å². The Labute approximate surface area is 133 Å². The summed E-state index contributed by atoms with van der Waals surface area (Å²) in [7, 11) is 1.98. The highest BCUT2D eigenvalue weighted by atomic mass is 16.3. The number of hydrogen-bond acceptors (Lipinski definition) is 4. The molecule has 0 amide bonds. The summed E-state index contributed by atoms with van der Waals surface area (Å²) in [5, 5.41) is 19.7. The van der Waals surface area contributed by atoms with Gasteiger partial charge in [-0.05, 0) is 32.4 Å². The van der Waals surface area contributed by atoms with Gasteiger partial charge in [0, 0.05) is 24.8 Å². The normalized spacial score (nSPS) is 11.6. The number of aliphatic hydroxyl groups is 1. The topological polar surface area (TPSA) is 65.7 Å². The Hall–Kier alpha value is -1.33. The molecule has 0 unspecified atom stereocenters. The smallest absolute Gasteiger partial charge is 0.223 e. The van der Waals surface area contributed by atoms with Gasteiger partial charge in [-0.2, -0.15) is 0 Å². The molecule has 0 spiro atoms. The van der Waals surface area contributed by atoms with E-state index in [1.165, 1.54) is 6.07 Å². The molecule has 126 valence electrons. The zero-order valence-electron chi connectivity index (χ0n) is 14.3. The van der Waals surface area contributed by atoms with Crippen LogP contribution in [0.3, 0.4) is 0 Å². The standard InChI is InChI=1S/C17H30N2O3/c1-5-6-8-18(4)11-15-17(22)16(21)10-14(12-20)19(15)9-7-13(2)3/h10,13,20,22H,5-9,11-12H2,1-4H3. The van der Waals surface area contributed by atoms with Gasteiger partial charge in [0.05, 0.1) is 12.3 Å². The van der Waals surface area contributed by atoms with Gasteiger partial charge in [0.2, 0.25) is 5.43 Å². The van der Waals surface area contributed by atoms with E-state index in [4.69, 9.17) is 0 Å². The molecule has 1 aromatic rings. The van der Waals surface area contributed by atoms with E-state index in [1.807, 2.05) is 11.6 Å². The first-order chi connectivity index (χ1) is 10.4. The maximum atomic E-state index is 11.9. The van der Waals surface area contributed by atoms with Gasteiger partial charge in [0.1, 0.15) is 0 Å². The average Bonchev–Trinajstić information content (AvgIpc) is 2.48. The highest BCUT2D eigenvalue weighted by Crippen LogP contribution is 2.19. The molecule has 0 radical (unpaired) electrons. The minimum absolute atomic E-state index is 0.190. The second-order valence-electron chi connectivity index (χ2n) is 6.38. The van der Waals surface area contributed by atoms with Crippen molar-refractivity contribution in [3.05, 3.63) is 27.7 Å². The molecular formula is C17H30N2O3. The molecule has 1 aromatic heterocycles. The minimum Gasteiger partial charge on any atom is -0.503 e. The van der Waals surface area contributed by atoms with E-state index in [0.717, 1.165) is 25.8 Å². The molecule has 0 aliphatic rings. The Kier molecular flexibility index (Phi) is 7.62. The molecule has 22 heavy (non-hydrogen) atoms. The van der Waals surface area contributed by atoms with E-state index in [9.17, 15) is 15.0 Å². The first-order valence-electron chi connectivity index (χ1n) is 8.14. The van der Waals surface area contributed by atoms with Crippen molar-refractivity contribution in [3.63, 3.8) is 0 Å². The van der Waals surface area contributed by atoms with Gasteiger partial charge < -0.3 is 19.7 Å². The molecule has 0 saturated carbocycles. The number of hydrogen-bond donors (Lipinski definition) is 2. The van der Waals surface area contributed by atoms with Gasteiger partial charge in [-0.3, -0.25) is 4.79 Å². The van der Waals surface area contributed by atoms with Gasteiger partial charge >= 0.3 is 0 Å². The zero-order valence-corrected chi connectivity index (χ0v) is 14.3. The van der Waals surface area contributed by atoms with Crippen LogP contribution in [0, 0.1) is 5.92 Å². The average molecular weight is 310 g/mol. The number of rotatable bonds is 9. The van der Waals surface area contributed by atoms with Crippen LogP contribution in [0.5, 0.6) is 5.75 Å². The molecule has 0 fully saturated rings. The quantitative estimate of drug-likeness (QED) is 0.734. The minimum atomic E-state index is -0.413. The molecule has 1 heterocycles. The molecule has 1 rings (SSSR count). The van der Waals surface area contributed by atoms with E-state index in [0.29, 0.717) is 30.4 Å². The first-order valence-corrected chi connectivity index (χ1v) is 8.14. The van der Waals surface area contributed by atoms with E-state index >= 15 is 0 Å². The Bertz CT molecular complexity index is 523. The molecule has 0 bridgehead atoms. The molecular weight excluding hydrogens is 280 g/mol. The highest BCUT2D eigenvalue weighted by Gasteiger charge is 2.16. The first kappa shape index (κ1) is 18.7. The van der Waals surface area contributed by atoms with Gasteiger partial charge in [-0.15, -0.1) is 0 Å². The Morgan fingerprint density at radius 3 is 2.59 bits per heavy atom. The molecule has 0 atom stereocenters. The third-order valence-electron chi connectivity index (χ3n) is 3.88. The number of pyridine rings is 1. The van der Waals surface area contributed by atoms with Crippen molar-refractivity contribution in [2.75, 3.05) is 13.6 Å². The van der Waals surface area contributed by atoms with Crippen molar-refractivity contribution in [2.45, 2.75) is 59.7 Å². The lowest BCUT2D eigenvalue weighted by Gasteiger charge is -2.23. The summed E-state index contributed by atoms with van der Waals surface area (Å²) < 4.78 is 1.90. The van der Waals surface area contributed by atoms with Crippen LogP contribution in [0.15, 0.2) is 10.9 Å². The van der Waals surface area contributed by atoms with Crippen LogP contribution in [0.2, 0.25) is 0 Å². The second-order valence-corrected chi connectivity index (χ2v) is 6.38. The summed E-state index contributed by atoms with van der Waals surface area (Å²) in [5.41, 5.74) is 0.766. The number of aromatic nitrogens is 1. The SMILES string of the molecule is CCCCN(C)Cc1c(O)c(=O)cc(CO)n1CCC(C)C. The summed E-state index contributed by atoms with van der Waals surface area (Å²) in [5.74, 6) is 0.322. The highest BCUT2D eigenvalue weighted by molar-refractivity contribution is 5.30. The van der Waals surface area contributed by atoms with Crippen molar-refractivity contribution >= 4 is 0 Å². The third-order valence-corrected chi connectivity index (χ3v) is 3.88. The van der Waals surface area contributed by atoms with Crippen LogP contribution < -0.4 is 5.43 Å². The summed E-state index contributed by atoms with van der Waals surface area (Å²) in [6.07, 6.45) is 3.11. The van der Waals surface area contributed by atoms with Gasteiger partial charge in [-0.1, -0.05) is 27.2 Å². The van der Waals surface area contributed by atoms with Crippen molar-refractivity contribution in [1.82, 2.24) is 9.47 Å². The lowest BCUT2D eigenvalue weighted by atomic mass is 10.1. The second kappa shape index (κ2) is 8.96. The molecule has 5 nitrogen and oxygen atoms in total. The number of aliphatic hydroxyl groups excluding tert-OH is 1. The van der Waals surface area contributed by atoms with E-state index in [2.05, 4.69) is 25.7 Å². The summed E-state index contributed by atoms with van der Waals surface area (Å²) in [6.45, 7) is 8.32. The molecule has 5 heteroatoms. The van der Waals surface area contributed by atoms with Crippen LogP contribution in [0.1, 0.15) is 51.4 Å². The zero-order chi connectivity index (χ0) is 16.7. The fourth-order valence-corrected chi connectivity index (χ4v) is 2.46. The largest absolute Gasteiger partial charge is 0.503 e. The monoisotopic (exact) mass is 310 g/mol. The fraction of sp³-hybridized carbons (Fsp3) is 0.706. The van der Waals surface area contributed by atoms with Crippen LogP contribution in [-0.4, -0.2) is 33.3 Å². The summed E-state index contributed by atoms with van der Waals surface area (Å²) in [4.78, 5) is 14.0. The van der Waals surface area contributed by atoms with Crippen LogP contribution in [0.25, 0.3) is 0 Å². The lowest BCUT2D eigenvalue weighted by molar-refractivity contribution is 0.258. The van der Waals surface area contributed by atoms with Crippen molar-refractivity contribution in [1.29, 1.82) is 0 Å². The maximum Gasteiger partial charge on any atom is 0.223 e. The number of nitrogens with zero attached hydrogens (tertiary/aromatic N) is 2. The van der Waals surface area contributed by atoms with Crippen LogP contribution in [-0.2, 0) is 19.7 Å². The predicted molar refractivity (Wildman–Crippen MR) is 89.0 cm³/mol. The Morgan fingerprint density at radius 2 is 2.05 bits per heavy atom. The van der Waals surface area contributed by atoms with Crippen LogP contribution >= 0.6 is 0 Å². The number of unbranched alkanes of at least 4 members (excludes halogenated alkanes) is 1. The fourth-order valence-electron chi connectivity index (χ4n) is 2.46. The predicted octanol–water partition coefficient (Wildman–Crippen LogP) is 2.32. The molecule has 0 aliphatic heterocycles. The molecule has 0 saturated heterocycles. The van der Waals surface area contributed by atoms with Gasteiger partial charge in [-0.25, -0.2) is 0 Å².